The molecule has 5 heteroatoms. The minimum atomic E-state index is -0.216. The smallest absolute Gasteiger partial charge is 0.257 e. The van der Waals surface area contributed by atoms with Crippen LogP contribution in [0.4, 0.5) is 11.4 Å². The number of aliphatic hydroxyl groups excluding tert-OH is 1. The second-order valence-electron chi connectivity index (χ2n) is 5.88. The van der Waals surface area contributed by atoms with E-state index in [1.165, 1.54) is 0 Å². The van der Waals surface area contributed by atoms with Gasteiger partial charge in [-0.25, -0.2) is 0 Å². The number of benzene rings is 1. The second kappa shape index (κ2) is 6.79. The molecule has 1 aromatic heterocycles. The molecule has 0 bridgehead atoms. The summed E-state index contributed by atoms with van der Waals surface area (Å²) in [5.74, 6) is -0.165. The van der Waals surface area contributed by atoms with Gasteiger partial charge in [0.2, 0.25) is 0 Å². The molecule has 1 aliphatic heterocycles. The Morgan fingerprint density at radius 2 is 1.96 bits per heavy atom. The molecule has 1 fully saturated rings. The monoisotopic (exact) mass is 311 g/mol. The first kappa shape index (κ1) is 15.5. The predicted octanol–water partition coefficient (Wildman–Crippen LogP) is 2.60. The summed E-state index contributed by atoms with van der Waals surface area (Å²) in [6, 6.07) is 11.4. The number of para-hydroxylation sites is 2. The fourth-order valence-electron chi connectivity index (χ4n) is 2.76. The Morgan fingerprint density at radius 3 is 2.65 bits per heavy atom. The number of hydrogen-bond donors (Lipinski definition) is 2. The van der Waals surface area contributed by atoms with Crippen LogP contribution in [-0.4, -0.2) is 35.2 Å². The molecule has 0 radical (unpaired) electrons. The van der Waals surface area contributed by atoms with Crippen LogP contribution in [0.2, 0.25) is 0 Å². The summed E-state index contributed by atoms with van der Waals surface area (Å²) in [4.78, 5) is 18.8. The summed E-state index contributed by atoms with van der Waals surface area (Å²) < 4.78 is 0. The van der Waals surface area contributed by atoms with Gasteiger partial charge in [-0.1, -0.05) is 12.1 Å². The number of carbonyl (C=O) groups is 1. The fourth-order valence-corrected chi connectivity index (χ4v) is 2.76. The number of nitrogens with zero attached hydrogens (tertiary/aromatic N) is 2. The van der Waals surface area contributed by atoms with Crippen molar-refractivity contribution in [2.45, 2.75) is 25.9 Å². The Morgan fingerprint density at radius 1 is 1.22 bits per heavy atom. The van der Waals surface area contributed by atoms with Gasteiger partial charge < -0.3 is 15.3 Å². The third-order valence-corrected chi connectivity index (χ3v) is 4.13. The average molecular weight is 311 g/mol. The molecule has 2 heterocycles. The summed E-state index contributed by atoms with van der Waals surface area (Å²) in [5.41, 5.74) is 3.20. The van der Waals surface area contributed by atoms with Crippen molar-refractivity contribution in [2.75, 3.05) is 23.3 Å². The van der Waals surface area contributed by atoms with Crippen LogP contribution in [0.5, 0.6) is 0 Å². The Bertz CT molecular complexity index is 677. The molecule has 2 N–H and O–H groups in total. The first-order valence-electron chi connectivity index (χ1n) is 7.89. The van der Waals surface area contributed by atoms with Crippen molar-refractivity contribution in [1.82, 2.24) is 4.98 Å². The van der Waals surface area contributed by atoms with Gasteiger partial charge in [0.25, 0.3) is 5.91 Å². The summed E-state index contributed by atoms with van der Waals surface area (Å²) in [5, 5.41) is 12.6. The van der Waals surface area contributed by atoms with E-state index in [4.69, 9.17) is 0 Å². The summed E-state index contributed by atoms with van der Waals surface area (Å²) in [6.45, 7) is 3.47. The van der Waals surface area contributed by atoms with E-state index in [0.29, 0.717) is 5.56 Å². The van der Waals surface area contributed by atoms with Gasteiger partial charge in [-0.05, 0) is 44.0 Å². The number of amides is 1. The normalized spacial score (nSPS) is 15.5. The molecule has 0 spiro atoms. The van der Waals surface area contributed by atoms with Gasteiger partial charge in [0.1, 0.15) is 0 Å². The third-order valence-electron chi connectivity index (χ3n) is 4.13. The van der Waals surface area contributed by atoms with Gasteiger partial charge in [-0.15, -0.1) is 0 Å². The maximum absolute atomic E-state index is 12.4. The van der Waals surface area contributed by atoms with Crippen molar-refractivity contribution in [3.8, 4) is 0 Å². The molecule has 0 saturated carbocycles. The number of rotatable bonds is 3. The number of hydrogen-bond acceptors (Lipinski definition) is 4. The quantitative estimate of drug-likeness (QED) is 0.914. The van der Waals surface area contributed by atoms with Gasteiger partial charge in [0.05, 0.1) is 23.0 Å². The van der Waals surface area contributed by atoms with Crippen LogP contribution >= 0.6 is 0 Å². The zero-order chi connectivity index (χ0) is 16.2. The highest BCUT2D eigenvalue weighted by molar-refractivity contribution is 6.05. The van der Waals surface area contributed by atoms with Crippen LogP contribution in [0.25, 0.3) is 0 Å². The fraction of sp³-hybridized carbons (Fsp3) is 0.333. The summed E-state index contributed by atoms with van der Waals surface area (Å²) >= 11 is 0. The third kappa shape index (κ3) is 3.68. The molecule has 1 saturated heterocycles. The zero-order valence-electron chi connectivity index (χ0n) is 13.2. The first-order chi connectivity index (χ1) is 11.1. The Kier molecular flexibility index (Phi) is 4.57. The van der Waals surface area contributed by atoms with Crippen LogP contribution in [0.1, 0.15) is 28.9 Å². The van der Waals surface area contributed by atoms with Gasteiger partial charge >= 0.3 is 0 Å². The lowest BCUT2D eigenvalue weighted by Crippen LogP contribution is -2.36. The lowest BCUT2D eigenvalue weighted by molar-refractivity contribution is 0.102. The van der Waals surface area contributed by atoms with Crippen molar-refractivity contribution >= 4 is 17.3 Å². The maximum atomic E-state index is 12.4. The number of aliphatic hydroxyl groups is 1. The predicted molar refractivity (Wildman–Crippen MR) is 90.8 cm³/mol. The van der Waals surface area contributed by atoms with E-state index in [0.717, 1.165) is 43.0 Å². The second-order valence-corrected chi connectivity index (χ2v) is 5.88. The van der Waals surface area contributed by atoms with Crippen molar-refractivity contribution < 1.29 is 9.90 Å². The lowest BCUT2D eigenvalue weighted by atomic mass is 10.1. The molecule has 3 rings (SSSR count). The standard InChI is InChI=1S/C18H21N3O2/c1-13-6-7-14(12-19-13)18(23)20-16-4-2-3-5-17(16)21-10-8-15(22)9-11-21/h2-7,12,15,22H,8-11H2,1H3,(H,20,23). The lowest BCUT2D eigenvalue weighted by Gasteiger charge is -2.32. The molecule has 23 heavy (non-hydrogen) atoms. The van der Waals surface area contributed by atoms with Crippen LogP contribution < -0.4 is 10.2 Å². The number of pyridine rings is 1. The highest BCUT2D eigenvalue weighted by Gasteiger charge is 2.20. The topological polar surface area (TPSA) is 65.5 Å². The molecule has 1 aliphatic rings. The average Bonchev–Trinajstić information content (AvgIpc) is 2.57. The number of carbonyl (C=O) groups excluding carboxylic acids is 1. The van der Waals surface area contributed by atoms with Crippen molar-refractivity contribution in [1.29, 1.82) is 0 Å². The SMILES string of the molecule is Cc1ccc(C(=O)Nc2ccccc2N2CCC(O)CC2)cn1. The highest BCUT2D eigenvalue weighted by Crippen LogP contribution is 2.28. The number of anilines is 2. The minimum absolute atomic E-state index is 0.165. The van der Waals surface area contributed by atoms with Gasteiger partial charge in [-0.3, -0.25) is 9.78 Å². The molecule has 0 atom stereocenters. The molecule has 1 amide bonds. The van der Waals surface area contributed by atoms with Gasteiger partial charge in [0.15, 0.2) is 0 Å². The number of piperidine rings is 1. The van der Waals surface area contributed by atoms with Gasteiger partial charge in [0, 0.05) is 25.0 Å². The van der Waals surface area contributed by atoms with Crippen molar-refractivity contribution in [2.24, 2.45) is 0 Å². The van der Waals surface area contributed by atoms with Crippen molar-refractivity contribution in [3.05, 3.63) is 53.9 Å². The molecular formula is C18H21N3O2. The summed E-state index contributed by atoms with van der Waals surface area (Å²) in [6.07, 6.45) is 2.88. The molecular weight excluding hydrogens is 290 g/mol. The molecule has 5 nitrogen and oxygen atoms in total. The van der Waals surface area contributed by atoms with Crippen LogP contribution in [-0.2, 0) is 0 Å². The maximum Gasteiger partial charge on any atom is 0.257 e. The largest absolute Gasteiger partial charge is 0.393 e. The van der Waals surface area contributed by atoms with E-state index >= 15 is 0 Å². The van der Waals surface area contributed by atoms with Crippen LogP contribution in [0.15, 0.2) is 42.6 Å². The number of aromatic nitrogens is 1. The molecule has 0 unspecified atom stereocenters. The number of aryl methyl sites for hydroxylation is 1. The van der Waals surface area contributed by atoms with Gasteiger partial charge in [-0.2, -0.15) is 0 Å². The van der Waals surface area contributed by atoms with E-state index in [1.807, 2.05) is 37.3 Å². The summed E-state index contributed by atoms with van der Waals surface area (Å²) in [7, 11) is 0. The Hall–Kier alpha value is -2.40. The molecule has 2 aromatic rings. The highest BCUT2D eigenvalue weighted by atomic mass is 16.3. The van der Waals surface area contributed by atoms with E-state index in [2.05, 4.69) is 15.2 Å². The van der Waals surface area contributed by atoms with Crippen molar-refractivity contribution in [3.63, 3.8) is 0 Å². The van der Waals surface area contributed by atoms with Crippen LogP contribution in [0, 0.1) is 6.92 Å². The zero-order valence-corrected chi connectivity index (χ0v) is 13.2. The first-order valence-corrected chi connectivity index (χ1v) is 7.89. The van der Waals surface area contributed by atoms with Crippen LogP contribution in [0.3, 0.4) is 0 Å². The molecule has 1 aromatic carbocycles. The molecule has 120 valence electrons. The Labute approximate surface area is 136 Å². The minimum Gasteiger partial charge on any atom is -0.393 e. The van der Waals surface area contributed by atoms with E-state index in [9.17, 15) is 9.90 Å². The van der Waals surface area contributed by atoms with E-state index in [-0.39, 0.29) is 12.0 Å². The number of nitrogens with one attached hydrogen (secondary N) is 1. The van der Waals surface area contributed by atoms with E-state index < -0.39 is 0 Å². The van der Waals surface area contributed by atoms with E-state index in [1.54, 1.807) is 12.3 Å². The Balaban J connectivity index is 1.77. The molecule has 0 aliphatic carbocycles.